The number of aliphatic hydroxyl groups excluding tert-OH is 2. The minimum atomic E-state index is -1.05. The van der Waals surface area contributed by atoms with Crippen molar-refractivity contribution >= 4 is 0 Å². The van der Waals surface area contributed by atoms with E-state index in [1.165, 1.54) is 0 Å². The van der Waals surface area contributed by atoms with Crippen LogP contribution in [0, 0.1) is 5.92 Å². The normalized spacial score (nSPS) is 39.5. The Labute approximate surface area is 73.0 Å². The van der Waals surface area contributed by atoms with Crippen molar-refractivity contribution in [3.8, 4) is 0 Å². The Balaban J connectivity index is 2.65. The van der Waals surface area contributed by atoms with Gasteiger partial charge in [0.15, 0.2) is 0 Å². The van der Waals surface area contributed by atoms with Crippen LogP contribution in [0.2, 0.25) is 0 Å². The van der Waals surface area contributed by atoms with Gasteiger partial charge >= 0.3 is 0 Å². The van der Waals surface area contributed by atoms with Gasteiger partial charge in [-0.05, 0) is 18.8 Å². The molecule has 3 nitrogen and oxygen atoms in total. The van der Waals surface area contributed by atoms with Crippen molar-refractivity contribution in [1.29, 1.82) is 0 Å². The van der Waals surface area contributed by atoms with E-state index in [2.05, 4.69) is 0 Å². The molecule has 72 valence electrons. The zero-order chi connectivity index (χ0) is 9.19. The van der Waals surface area contributed by atoms with Gasteiger partial charge in [0.05, 0.1) is 12.2 Å². The van der Waals surface area contributed by atoms with Crippen molar-refractivity contribution in [3.05, 3.63) is 0 Å². The third-order valence-corrected chi connectivity index (χ3v) is 3.07. The zero-order valence-electron chi connectivity index (χ0n) is 7.53. The molecular weight excluding hydrogens is 156 g/mol. The lowest BCUT2D eigenvalue weighted by molar-refractivity contribution is -0.142. The van der Waals surface area contributed by atoms with Crippen LogP contribution in [-0.4, -0.2) is 33.6 Å². The number of hydrogen-bond donors (Lipinski definition) is 3. The SMILES string of the molecule is C[C@H]1CCCC[C@]1(O)[C@@H](O)CO. The summed E-state index contributed by atoms with van der Waals surface area (Å²) in [7, 11) is 0. The highest BCUT2D eigenvalue weighted by atomic mass is 16.4. The van der Waals surface area contributed by atoms with E-state index in [1.807, 2.05) is 6.92 Å². The van der Waals surface area contributed by atoms with E-state index in [-0.39, 0.29) is 12.5 Å². The minimum Gasteiger partial charge on any atom is -0.394 e. The second kappa shape index (κ2) is 3.73. The first kappa shape index (κ1) is 9.96. The molecule has 0 aromatic carbocycles. The molecule has 0 aromatic rings. The molecule has 12 heavy (non-hydrogen) atoms. The monoisotopic (exact) mass is 174 g/mol. The Bertz CT molecular complexity index is 143. The summed E-state index contributed by atoms with van der Waals surface area (Å²) in [5.74, 6) is 0.0911. The second-order valence-corrected chi connectivity index (χ2v) is 3.84. The van der Waals surface area contributed by atoms with E-state index in [4.69, 9.17) is 5.11 Å². The summed E-state index contributed by atoms with van der Waals surface area (Å²) in [5, 5.41) is 28.2. The van der Waals surface area contributed by atoms with Crippen LogP contribution in [0.25, 0.3) is 0 Å². The highest BCUT2D eigenvalue weighted by Crippen LogP contribution is 2.35. The van der Waals surface area contributed by atoms with Crippen molar-refractivity contribution in [2.75, 3.05) is 6.61 Å². The lowest BCUT2D eigenvalue weighted by Gasteiger charge is -2.40. The first-order chi connectivity index (χ1) is 5.61. The molecule has 1 saturated carbocycles. The molecule has 0 saturated heterocycles. The summed E-state index contributed by atoms with van der Waals surface area (Å²) in [6, 6.07) is 0. The summed E-state index contributed by atoms with van der Waals surface area (Å²) in [6.45, 7) is 1.58. The van der Waals surface area contributed by atoms with Gasteiger partial charge in [-0.1, -0.05) is 19.8 Å². The molecule has 0 amide bonds. The van der Waals surface area contributed by atoms with Crippen molar-refractivity contribution < 1.29 is 15.3 Å². The second-order valence-electron chi connectivity index (χ2n) is 3.84. The van der Waals surface area contributed by atoms with Crippen LogP contribution in [0.5, 0.6) is 0 Å². The van der Waals surface area contributed by atoms with Crippen LogP contribution in [0.4, 0.5) is 0 Å². The van der Waals surface area contributed by atoms with Crippen LogP contribution in [0.3, 0.4) is 0 Å². The quantitative estimate of drug-likeness (QED) is 0.563. The van der Waals surface area contributed by atoms with E-state index in [0.29, 0.717) is 6.42 Å². The minimum absolute atomic E-state index is 0.0911. The van der Waals surface area contributed by atoms with Gasteiger partial charge in [0.25, 0.3) is 0 Å². The highest BCUT2D eigenvalue weighted by molar-refractivity contribution is 4.93. The molecule has 0 unspecified atom stereocenters. The van der Waals surface area contributed by atoms with Gasteiger partial charge in [-0.25, -0.2) is 0 Å². The van der Waals surface area contributed by atoms with Crippen LogP contribution in [0.15, 0.2) is 0 Å². The van der Waals surface area contributed by atoms with Gasteiger partial charge < -0.3 is 15.3 Å². The average molecular weight is 174 g/mol. The summed E-state index contributed by atoms with van der Waals surface area (Å²) in [4.78, 5) is 0. The van der Waals surface area contributed by atoms with Gasteiger partial charge in [-0.15, -0.1) is 0 Å². The lowest BCUT2D eigenvalue weighted by atomic mass is 9.73. The van der Waals surface area contributed by atoms with Crippen LogP contribution < -0.4 is 0 Å². The Morgan fingerprint density at radius 1 is 1.50 bits per heavy atom. The molecule has 0 radical (unpaired) electrons. The Morgan fingerprint density at radius 2 is 2.17 bits per heavy atom. The van der Waals surface area contributed by atoms with Crippen LogP contribution in [0.1, 0.15) is 32.6 Å². The summed E-state index contributed by atoms with van der Waals surface area (Å²) in [5.41, 5.74) is -1.05. The molecule has 3 N–H and O–H groups in total. The number of rotatable bonds is 2. The topological polar surface area (TPSA) is 60.7 Å². The molecule has 1 fully saturated rings. The number of aliphatic hydroxyl groups is 3. The summed E-state index contributed by atoms with van der Waals surface area (Å²) in [6.07, 6.45) is 2.62. The third-order valence-electron chi connectivity index (χ3n) is 3.07. The van der Waals surface area contributed by atoms with Gasteiger partial charge in [0.2, 0.25) is 0 Å². The molecule has 0 heterocycles. The third kappa shape index (κ3) is 1.63. The Hall–Kier alpha value is -0.120. The molecular formula is C9H18O3. The fourth-order valence-electron chi connectivity index (χ4n) is 2.01. The average Bonchev–Trinajstić information content (AvgIpc) is 2.09. The summed E-state index contributed by atoms with van der Waals surface area (Å²) < 4.78 is 0. The maximum Gasteiger partial charge on any atom is 0.106 e. The molecule has 1 rings (SSSR count). The zero-order valence-corrected chi connectivity index (χ0v) is 7.53. The molecule has 0 spiro atoms. The first-order valence-corrected chi connectivity index (χ1v) is 4.62. The van der Waals surface area contributed by atoms with Crippen molar-refractivity contribution in [2.45, 2.75) is 44.3 Å². The van der Waals surface area contributed by atoms with E-state index >= 15 is 0 Å². The van der Waals surface area contributed by atoms with E-state index in [0.717, 1.165) is 19.3 Å². The Kier molecular flexibility index (Phi) is 3.09. The van der Waals surface area contributed by atoms with Gasteiger partial charge in [-0.3, -0.25) is 0 Å². The fourth-order valence-corrected chi connectivity index (χ4v) is 2.01. The Morgan fingerprint density at radius 3 is 2.67 bits per heavy atom. The molecule has 0 bridgehead atoms. The van der Waals surface area contributed by atoms with Gasteiger partial charge in [-0.2, -0.15) is 0 Å². The van der Waals surface area contributed by atoms with Crippen molar-refractivity contribution in [1.82, 2.24) is 0 Å². The van der Waals surface area contributed by atoms with Crippen LogP contribution >= 0.6 is 0 Å². The van der Waals surface area contributed by atoms with Crippen molar-refractivity contribution in [2.24, 2.45) is 5.92 Å². The maximum absolute atomic E-state index is 10.00. The van der Waals surface area contributed by atoms with Gasteiger partial charge in [0, 0.05) is 0 Å². The van der Waals surface area contributed by atoms with Gasteiger partial charge in [0.1, 0.15) is 6.10 Å². The number of hydrogen-bond acceptors (Lipinski definition) is 3. The molecule has 3 heteroatoms. The van der Waals surface area contributed by atoms with Crippen molar-refractivity contribution in [3.63, 3.8) is 0 Å². The van der Waals surface area contributed by atoms with Crippen LogP contribution in [-0.2, 0) is 0 Å². The molecule has 0 aliphatic heterocycles. The molecule has 1 aliphatic carbocycles. The van der Waals surface area contributed by atoms with E-state index in [9.17, 15) is 10.2 Å². The highest BCUT2D eigenvalue weighted by Gasteiger charge is 2.41. The lowest BCUT2D eigenvalue weighted by Crippen LogP contribution is -2.51. The van der Waals surface area contributed by atoms with E-state index < -0.39 is 11.7 Å². The maximum atomic E-state index is 10.00. The summed E-state index contributed by atoms with van der Waals surface area (Å²) >= 11 is 0. The largest absolute Gasteiger partial charge is 0.394 e. The molecule has 1 aliphatic rings. The predicted molar refractivity (Wildman–Crippen MR) is 45.7 cm³/mol. The predicted octanol–water partition coefficient (Wildman–Crippen LogP) is 0.281. The first-order valence-electron chi connectivity index (χ1n) is 4.62. The smallest absolute Gasteiger partial charge is 0.106 e. The standard InChI is InChI=1S/C9H18O3/c1-7-4-2-3-5-9(7,12)8(11)6-10/h7-8,10-12H,2-6H2,1H3/t7-,8-,9+/m0/s1. The molecule has 0 aromatic heterocycles. The molecule has 3 atom stereocenters. The van der Waals surface area contributed by atoms with E-state index in [1.54, 1.807) is 0 Å². The fraction of sp³-hybridized carbons (Fsp3) is 1.00.